The molecule has 1 aromatic carbocycles. The summed E-state index contributed by atoms with van der Waals surface area (Å²) in [4.78, 5) is 34.4. The van der Waals surface area contributed by atoms with Gasteiger partial charge in [0, 0.05) is 0 Å². The average molecular weight is 347 g/mol. The SMILES string of the molecule is CC(C)[C@@H](OC(=O)Cc1ccc(Cl)c(Cl)c1)C(=O)NC(N)=O. The molecule has 120 valence electrons. The van der Waals surface area contributed by atoms with Crippen molar-refractivity contribution in [2.45, 2.75) is 26.4 Å². The Labute approximate surface area is 137 Å². The Morgan fingerprint density at radius 1 is 1.23 bits per heavy atom. The molecular formula is C14H16Cl2N2O4. The molecule has 1 aromatic rings. The van der Waals surface area contributed by atoms with Crippen molar-refractivity contribution in [1.82, 2.24) is 5.32 Å². The van der Waals surface area contributed by atoms with Crippen LogP contribution in [-0.4, -0.2) is 24.0 Å². The first-order valence-corrected chi connectivity index (χ1v) is 7.20. The number of amides is 3. The molecule has 0 aromatic heterocycles. The zero-order valence-electron chi connectivity index (χ0n) is 12.1. The molecule has 1 rings (SSSR count). The second-order valence-corrected chi connectivity index (χ2v) is 5.75. The van der Waals surface area contributed by atoms with E-state index < -0.39 is 24.0 Å². The van der Waals surface area contributed by atoms with Gasteiger partial charge in [-0.2, -0.15) is 0 Å². The van der Waals surface area contributed by atoms with Gasteiger partial charge < -0.3 is 10.5 Å². The van der Waals surface area contributed by atoms with Crippen molar-refractivity contribution in [2.24, 2.45) is 11.7 Å². The quantitative estimate of drug-likeness (QED) is 0.799. The van der Waals surface area contributed by atoms with Crippen molar-refractivity contribution in [1.29, 1.82) is 0 Å². The summed E-state index contributed by atoms with van der Waals surface area (Å²) in [5.74, 6) is -1.71. The summed E-state index contributed by atoms with van der Waals surface area (Å²) < 4.78 is 5.11. The van der Waals surface area contributed by atoms with Crippen molar-refractivity contribution in [3.63, 3.8) is 0 Å². The van der Waals surface area contributed by atoms with Crippen molar-refractivity contribution < 1.29 is 19.1 Å². The smallest absolute Gasteiger partial charge is 0.318 e. The third kappa shape index (κ3) is 5.54. The average Bonchev–Trinajstić information content (AvgIpc) is 2.39. The van der Waals surface area contributed by atoms with E-state index in [1.807, 2.05) is 5.32 Å². The summed E-state index contributed by atoms with van der Waals surface area (Å²) in [7, 11) is 0. The van der Waals surface area contributed by atoms with Crippen molar-refractivity contribution in [3.8, 4) is 0 Å². The number of nitrogens with one attached hydrogen (secondary N) is 1. The second-order valence-electron chi connectivity index (χ2n) is 4.93. The lowest BCUT2D eigenvalue weighted by Gasteiger charge is -2.19. The van der Waals surface area contributed by atoms with Gasteiger partial charge in [0.2, 0.25) is 0 Å². The topological polar surface area (TPSA) is 98.5 Å². The number of carbonyl (C=O) groups is 3. The zero-order chi connectivity index (χ0) is 16.9. The van der Waals surface area contributed by atoms with Crippen LogP contribution in [0.15, 0.2) is 18.2 Å². The minimum Gasteiger partial charge on any atom is -0.452 e. The molecule has 3 amide bonds. The molecule has 0 fully saturated rings. The fraction of sp³-hybridized carbons (Fsp3) is 0.357. The lowest BCUT2D eigenvalue weighted by molar-refractivity contribution is -0.157. The number of hydrogen-bond acceptors (Lipinski definition) is 4. The summed E-state index contributed by atoms with van der Waals surface area (Å²) in [5.41, 5.74) is 5.47. The Balaban J connectivity index is 2.73. The summed E-state index contributed by atoms with van der Waals surface area (Å²) in [5, 5.41) is 2.59. The Bertz CT molecular complexity index is 590. The molecule has 0 spiro atoms. The van der Waals surface area contributed by atoms with E-state index in [1.165, 1.54) is 0 Å². The molecule has 0 bridgehead atoms. The van der Waals surface area contributed by atoms with Gasteiger partial charge in [0.15, 0.2) is 6.10 Å². The molecule has 3 N–H and O–H groups in total. The molecule has 0 radical (unpaired) electrons. The molecule has 0 aliphatic heterocycles. The standard InChI is InChI=1S/C14H16Cl2N2O4/c1-7(2)12(13(20)18-14(17)21)22-11(19)6-8-3-4-9(15)10(16)5-8/h3-5,7,12H,6H2,1-2H3,(H3,17,18,20,21)/t12-/m1/s1. The van der Waals surface area contributed by atoms with E-state index in [4.69, 9.17) is 33.7 Å². The van der Waals surface area contributed by atoms with Crippen molar-refractivity contribution >= 4 is 41.1 Å². The monoisotopic (exact) mass is 346 g/mol. The number of imide groups is 1. The van der Waals surface area contributed by atoms with E-state index in [2.05, 4.69) is 0 Å². The number of primary amides is 1. The number of rotatable bonds is 5. The maximum Gasteiger partial charge on any atom is 0.318 e. The Morgan fingerprint density at radius 3 is 2.36 bits per heavy atom. The molecule has 22 heavy (non-hydrogen) atoms. The van der Waals surface area contributed by atoms with Crippen LogP contribution in [0, 0.1) is 5.92 Å². The van der Waals surface area contributed by atoms with E-state index in [0.29, 0.717) is 15.6 Å². The first kappa shape index (κ1) is 18.3. The number of benzene rings is 1. The van der Waals surface area contributed by atoms with Crippen LogP contribution in [0.25, 0.3) is 0 Å². The first-order valence-electron chi connectivity index (χ1n) is 6.44. The Hall–Kier alpha value is -1.79. The second kappa shape index (κ2) is 8.00. The maximum atomic E-state index is 11.9. The largest absolute Gasteiger partial charge is 0.452 e. The summed E-state index contributed by atoms with van der Waals surface area (Å²) in [6.45, 7) is 3.36. The highest BCUT2D eigenvalue weighted by Crippen LogP contribution is 2.23. The molecular weight excluding hydrogens is 331 g/mol. The molecule has 0 unspecified atom stereocenters. The van der Waals surface area contributed by atoms with E-state index >= 15 is 0 Å². The number of urea groups is 1. The van der Waals surface area contributed by atoms with Gasteiger partial charge in [0.1, 0.15) is 0 Å². The zero-order valence-corrected chi connectivity index (χ0v) is 13.6. The lowest BCUT2D eigenvalue weighted by atomic mass is 10.1. The van der Waals surface area contributed by atoms with E-state index in [9.17, 15) is 14.4 Å². The van der Waals surface area contributed by atoms with Crippen LogP contribution in [0.3, 0.4) is 0 Å². The summed E-state index contributed by atoms with van der Waals surface area (Å²) in [6, 6.07) is 3.73. The number of ether oxygens (including phenoxy) is 1. The van der Waals surface area contributed by atoms with Gasteiger partial charge in [-0.25, -0.2) is 4.79 Å². The Morgan fingerprint density at radius 2 is 1.86 bits per heavy atom. The first-order chi connectivity index (χ1) is 10.2. The van der Waals surface area contributed by atoms with Crippen LogP contribution < -0.4 is 11.1 Å². The predicted molar refractivity (Wildman–Crippen MR) is 82.6 cm³/mol. The number of nitrogens with two attached hydrogens (primary N) is 1. The van der Waals surface area contributed by atoms with Crippen molar-refractivity contribution in [3.05, 3.63) is 33.8 Å². The summed E-state index contributed by atoms with van der Waals surface area (Å²) in [6.07, 6.45) is -1.19. The van der Waals surface area contributed by atoms with Crippen LogP contribution >= 0.6 is 23.2 Å². The third-order valence-electron chi connectivity index (χ3n) is 2.70. The predicted octanol–water partition coefficient (Wildman–Crippen LogP) is 2.30. The highest BCUT2D eigenvalue weighted by atomic mass is 35.5. The van der Waals surface area contributed by atoms with Gasteiger partial charge >= 0.3 is 12.0 Å². The van der Waals surface area contributed by atoms with Gasteiger partial charge in [-0.3, -0.25) is 14.9 Å². The van der Waals surface area contributed by atoms with Crippen LogP contribution in [-0.2, 0) is 20.7 Å². The highest BCUT2D eigenvalue weighted by molar-refractivity contribution is 6.42. The van der Waals surface area contributed by atoms with Gasteiger partial charge in [0.25, 0.3) is 5.91 Å². The van der Waals surface area contributed by atoms with Crippen molar-refractivity contribution in [2.75, 3.05) is 0 Å². The molecule has 0 heterocycles. The van der Waals surface area contributed by atoms with Crippen LogP contribution in [0.1, 0.15) is 19.4 Å². The van der Waals surface area contributed by atoms with Gasteiger partial charge in [0.05, 0.1) is 16.5 Å². The van der Waals surface area contributed by atoms with E-state index in [-0.39, 0.29) is 12.3 Å². The number of esters is 1. The Kier molecular flexibility index (Phi) is 6.64. The lowest BCUT2D eigenvalue weighted by Crippen LogP contribution is -2.45. The number of hydrogen-bond donors (Lipinski definition) is 2. The molecule has 6 nitrogen and oxygen atoms in total. The van der Waals surface area contributed by atoms with Crippen LogP contribution in [0.5, 0.6) is 0 Å². The highest BCUT2D eigenvalue weighted by Gasteiger charge is 2.27. The molecule has 0 saturated heterocycles. The normalized spacial score (nSPS) is 11.9. The molecule has 0 aliphatic carbocycles. The number of halogens is 2. The maximum absolute atomic E-state index is 11.9. The molecule has 8 heteroatoms. The third-order valence-corrected chi connectivity index (χ3v) is 3.44. The van der Waals surface area contributed by atoms with Gasteiger partial charge in [-0.15, -0.1) is 0 Å². The number of carbonyl (C=O) groups excluding carboxylic acids is 3. The molecule has 0 saturated carbocycles. The summed E-state index contributed by atoms with van der Waals surface area (Å²) >= 11 is 11.6. The van der Waals surface area contributed by atoms with Crippen LogP contribution in [0.4, 0.5) is 4.79 Å². The fourth-order valence-electron chi connectivity index (χ4n) is 1.68. The van der Waals surface area contributed by atoms with Crippen LogP contribution in [0.2, 0.25) is 10.0 Å². The van der Waals surface area contributed by atoms with E-state index in [0.717, 1.165) is 0 Å². The minimum atomic E-state index is -1.11. The van der Waals surface area contributed by atoms with Gasteiger partial charge in [-0.05, 0) is 23.6 Å². The van der Waals surface area contributed by atoms with E-state index in [1.54, 1.807) is 32.0 Å². The van der Waals surface area contributed by atoms with Gasteiger partial charge in [-0.1, -0.05) is 43.1 Å². The fourth-order valence-corrected chi connectivity index (χ4v) is 2.01. The molecule has 1 atom stereocenters. The minimum absolute atomic E-state index is 0.0794. The molecule has 0 aliphatic rings.